The van der Waals surface area contributed by atoms with Crippen LogP contribution in [0.4, 0.5) is 9.59 Å². The minimum Gasteiger partial charge on any atom is -0.445 e. The van der Waals surface area contributed by atoms with E-state index in [4.69, 9.17) is 15.2 Å². The SMILES string of the molecule is CC(C)C[C@H](NC(=O)OC(C)(C)C)C(=O)N1CCC[C@@H](N(CC(N)=O)C(=O)OCc2ccccc2)C1. The number of rotatable bonds is 9. The van der Waals surface area contributed by atoms with Crippen LogP contribution in [0.3, 0.4) is 0 Å². The number of carbonyl (C=O) groups is 4. The number of nitrogens with one attached hydrogen (secondary N) is 1. The van der Waals surface area contributed by atoms with Gasteiger partial charge in [-0.3, -0.25) is 14.5 Å². The smallest absolute Gasteiger partial charge is 0.410 e. The standard InChI is InChI=1S/C26H40N4O6/c1-18(2)14-21(28-24(33)36-26(3,4)5)23(32)29-13-9-12-20(15-29)30(16-22(27)31)25(34)35-17-19-10-7-6-8-11-19/h6-8,10-11,18,20-21H,9,12-17H2,1-5H3,(H2,27,31)(H,28,33)/t20-,21+/m1/s1. The fourth-order valence-corrected chi connectivity index (χ4v) is 4.09. The van der Waals surface area contributed by atoms with E-state index in [1.807, 2.05) is 44.2 Å². The lowest BCUT2D eigenvalue weighted by molar-refractivity contribution is -0.136. The first-order valence-corrected chi connectivity index (χ1v) is 12.4. The maximum Gasteiger partial charge on any atom is 0.410 e. The molecule has 1 aliphatic heterocycles. The molecule has 10 heteroatoms. The first-order valence-electron chi connectivity index (χ1n) is 12.4. The second-order valence-electron chi connectivity index (χ2n) is 10.5. The molecule has 1 aromatic carbocycles. The fraction of sp³-hybridized carbons (Fsp3) is 0.615. The number of likely N-dealkylation sites (tertiary alicyclic amines) is 1. The average Bonchev–Trinajstić information content (AvgIpc) is 2.79. The van der Waals surface area contributed by atoms with E-state index < -0.39 is 35.8 Å². The average molecular weight is 505 g/mol. The molecular weight excluding hydrogens is 464 g/mol. The first kappa shape index (κ1) is 28.9. The van der Waals surface area contributed by atoms with Gasteiger partial charge in [-0.05, 0) is 51.5 Å². The number of alkyl carbamates (subject to hydrolysis) is 1. The minimum absolute atomic E-state index is 0.0561. The Balaban J connectivity index is 2.11. The van der Waals surface area contributed by atoms with Gasteiger partial charge < -0.3 is 25.4 Å². The van der Waals surface area contributed by atoms with Crippen molar-refractivity contribution in [2.24, 2.45) is 11.7 Å². The molecule has 0 saturated carbocycles. The molecular formula is C26H40N4O6. The number of primary amides is 1. The van der Waals surface area contributed by atoms with Crippen molar-refractivity contribution < 1.29 is 28.7 Å². The van der Waals surface area contributed by atoms with Crippen LogP contribution < -0.4 is 11.1 Å². The zero-order valence-corrected chi connectivity index (χ0v) is 22.0. The van der Waals surface area contributed by atoms with Crippen molar-refractivity contribution in [1.82, 2.24) is 15.1 Å². The van der Waals surface area contributed by atoms with Crippen molar-refractivity contribution in [3.05, 3.63) is 35.9 Å². The third kappa shape index (κ3) is 9.75. The highest BCUT2D eigenvalue weighted by Gasteiger charge is 2.35. The number of ether oxygens (including phenoxy) is 2. The van der Waals surface area contributed by atoms with Crippen LogP contribution in [0.2, 0.25) is 0 Å². The Morgan fingerprint density at radius 2 is 1.83 bits per heavy atom. The van der Waals surface area contributed by atoms with E-state index >= 15 is 0 Å². The zero-order valence-electron chi connectivity index (χ0n) is 22.0. The van der Waals surface area contributed by atoms with Crippen LogP contribution in [0.25, 0.3) is 0 Å². The third-order valence-electron chi connectivity index (χ3n) is 5.61. The van der Waals surface area contributed by atoms with Crippen molar-refractivity contribution in [1.29, 1.82) is 0 Å². The van der Waals surface area contributed by atoms with Gasteiger partial charge in [-0.25, -0.2) is 9.59 Å². The van der Waals surface area contributed by atoms with E-state index in [1.54, 1.807) is 25.7 Å². The summed E-state index contributed by atoms with van der Waals surface area (Å²) in [6, 6.07) is 8.00. The van der Waals surface area contributed by atoms with Gasteiger partial charge in [0, 0.05) is 13.1 Å². The lowest BCUT2D eigenvalue weighted by Crippen LogP contribution is -2.57. The van der Waals surface area contributed by atoms with Gasteiger partial charge in [0.1, 0.15) is 24.8 Å². The molecule has 200 valence electrons. The summed E-state index contributed by atoms with van der Waals surface area (Å²) in [4.78, 5) is 53.4. The molecule has 36 heavy (non-hydrogen) atoms. The summed E-state index contributed by atoms with van der Waals surface area (Å²) >= 11 is 0. The highest BCUT2D eigenvalue weighted by atomic mass is 16.6. The molecule has 1 aliphatic rings. The summed E-state index contributed by atoms with van der Waals surface area (Å²) in [5.74, 6) is -0.774. The van der Waals surface area contributed by atoms with Gasteiger partial charge in [0.15, 0.2) is 0 Å². The van der Waals surface area contributed by atoms with E-state index in [-0.39, 0.29) is 31.5 Å². The Hall–Kier alpha value is -3.30. The largest absolute Gasteiger partial charge is 0.445 e. The van der Waals surface area contributed by atoms with E-state index in [2.05, 4.69) is 5.32 Å². The van der Waals surface area contributed by atoms with E-state index in [0.717, 1.165) is 5.56 Å². The normalized spacial score (nSPS) is 16.7. The molecule has 1 aromatic rings. The molecule has 2 atom stereocenters. The van der Waals surface area contributed by atoms with Crippen molar-refractivity contribution in [3.63, 3.8) is 0 Å². The molecule has 4 amide bonds. The Morgan fingerprint density at radius 3 is 2.42 bits per heavy atom. The monoisotopic (exact) mass is 504 g/mol. The molecule has 0 aliphatic carbocycles. The molecule has 0 radical (unpaired) electrons. The maximum atomic E-state index is 13.4. The minimum atomic E-state index is -0.770. The van der Waals surface area contributed by atoms with Crippen LogP contribution in [-0.4, -0.2) is 71.1 Å². The van der Waals surface area contributed by atoms with Gasteiger partial charge in [0.05, 0.1) is 6.04 Å². The summed E-state index contributed by atoms with van der Waals surface area (Å²) in [6.07, 6.45) is 0.325. The summed E-state index contributed by atoms with van der Waals surface area (Å²) in [5.41, 5.74) is 5.54. The van der Waals surface area contributed by atoms with Crippen LogP contribution in [-0.2, 0) is 25.7 Å². The zero-order chi connectivity index (χ0) is 26.9. The second-order valence-corrected chi connectivity index (χ2v) is 10.5. The third-order valence-corrected chi connectivity index (χ3v) is 5.61. The van der Waals surface area contributed by atoms with Crippen LogP contribution in [0, 0.1) is 5.92 Å². The topological polar surface area (TPSA) is 131 Å². The van der Waals surface area contributed by atoms with Crippen molar-refractivity contribution in [2.75, 3.05) is 19.6 Å². The number of nitrogens with zero attached hydrogens (tertiary/aromatic N) is 2. The number of hydrogen-bond donors (Lipinski definition) is 2. The number of carbonyl (C=O) groups excluding carboxylic acids is 4. The fourth-order valence-electron chi connectivity index (χ4n) is 4.09. The predicted molar refractivity (Wildman–Crippen MR) is 135 cm³/mol. The van der Waals surface area contributed by atoms with Crippen LogP contribution in [0.1, 0.15) is 59.4 Å². The molecule has 1 heterocycles. The summed E-state index contributed by atoms with van der Waals surface area (Å²) in [6.45, 7) is 9.62. The Labute approximate surface area is 213 Å². The van der Waals surface area contributed by atoms with Crippen molar-refractivity contribution in [3.8, 4) is 0 Å². The van der Waals surface area contributed by atoms with Gasteiger partial charge >= 0.3 is 12.2 Å². The van der Waals surface area contributed by atoms with Gasteiger partial charge in [-0.2, -0.15) is 0 Å². The highest BCUT2D eigenvalue weighted by Crippen LogP contribution is 2.20. The predicted octanol–water partition coefficient (Wildman–Crippen LogP) is 3.04. The Kier molecular flexibility index (Phi) is 10.6. The van der Waals surface area contributed by atoms with Crippen molar-refractivity contribution >= 4 is 24.0 Å². The molecule has 2 rings (SSSR count). The summed E-state index contributed by atoms with van der Waals surface area (Å²) in [7, 11) is 0. The lowest BCUT2D eigenvalue weighted by atomic mass is 9.99. The molecule has 0 unspecified atom stereocenters. The molecule has 0 aromatic heterocycles. The molecule has 0 bridgehead atoms. The van der Waals surface area contributed by atoms with Gasteiger partial charge in [0.2, 0.25) is 11.8 Å². The highest BCUT2D eigenvalue weighted by molar-refractivity contribution is 5.86. The molecule has 3 N–H and O–H groups in total. The van der Waals surface area contributed by atoms with Crippen LogP contribution in [0.15, 0.2) is 30.3 Å². The van der Waals surface area contributed by atoms with Crippen LogP contribution in [0.5, 0.6) is 0 Å². The van der Waals surface area contributed by atoms with Gasteiger partial charge in [-0.1, -0.05) is 44.2 Å². The lowest BCUT2D eigenvalue weighted by Gasteiger charge is -2.39. The summed E-state index contributed by atoms with van der Waals surface area (Å²) < 4.78 is 10.8. The van der Waals surface area contributed by atoms with Crippen molar-refractivity contribution in [2.45, 2.75) is 78.2 Å². The van der Waals surface area contributed by atoms with E-state index in [0.29, 0.717) is 25.8 Å². The number of benzene rings is 1. The van der Waals surface area contributed by atoms with E-state index in [9.17, 15) is 19.2 Å². The number of amides is 4. The molecule has 1 saturated heterocycles. The summed E-state index contributed by atoms with van der Waals surface area (Å²) in [5, 5.41) is 2.71. The first-order chi connectivity index (χ1) is 16.9. The Morgan fingerprint density at radius 1 is 1.17 bits per heavy atom. The number of piperidine rings is 1. The second kappa shape index (κ2) is 13.1. The Bertz CT molecular complexity index is 899. The quantitative estimate of drug-likeness (QED) is 0.531. The van der Waals surface area contributed by atoms with Gasteiger partial charge in [-0.15, -0.1) is 0 Å². The van der Waals surface area contributed by atoms with Crippen LogP contribution >= 0.6 is 0 Å². The molecule has 1 fully saturated rings. The molecule has 0 spiro atoms. The maximum absolute atomic E-state index is 13.4. The number of hydrogen-bond acceptors (Lipinski definition) is 6. The molecule has 10 nitrogen and oxygen atoms in total. The number of nitrogens with two attached hydrogens (primary N) is 1. The van der Waals surface area contributed by atoms with E-state index in [1.165, 1.54) is 4.90 Å². The van der Waals surface area contributed by atoms with Gasteiger partial charge in [0.25, 0.3) is 0 Å².